The third-order valence-electron chi connectivity index (χ3n) is 6.91. The number of carbonyl (C=O) groups is 3. The molecule has 9 heteroatoms. The first-order valence-electron chi connectivity index (χ1n) is 10.7. The number of anilines is 2. The number of esters is 1. The van der Waals surface area contributed by atoms with Crippen LogP contribution in [0.25, 0.3) is 0 Å². The zero-order valence-electron chi connectivity index (χ0n) is 18.0. The summed E-state index contributed by atoms with van der Waals surface area (Å²) in [5.41, 5.74) is 1.15. The Balaban J connectivity index is 1.36. The summed E-state index contributed by atoms with van der Waals surface area (Å²) in [5, 5.41) is 5.72. The molecule has 2 saturated carbocycles. The Morgan fingerprint density at radius 1 is 1.03 bits per heavy atom. The van der Waals surface area contributed by atoms with Crippen LogP contribution in [0, 0.1) is 23.7 Å². The second-order valence-electron chi connectivity index (χ2n) is 8.52. The molecule has 0 radical (unpaired) electrons. The molecular formula is C24H23BrN2O6. The van der Waals surface area contributed by atoms with E-state index in [9.17, 15) is 14.4 Å². The first-order valence-corrected chi connectivity index (χ1v) is 11.6. The van der Waals surface area contributed by atoms with E-state index in [4.69, 9.17) is 14.2 Å². The number of benzene rings is 2. The Kier molecular flexibility index (Phi) is 5.52. The van der Waals surface area contributed by atoms with Gasteiger partial charge < -0.3 is 24.8 Å². The largest absolute Gasteiger partial charge is 0.497 e. The number of nitrogens with one attached hydrogen (secondary N) is 2. The van der Waals surface area contributed by atoms with E-state index >= 15 is 0 Å². The molecule has 3 aliphatic rings. The van der Waals surface area contributed by atoms with Crippen LogP contribution in [0.2, 0.25) is 0 Å². The maximum atomic E-state index is 13.3. The van der Waals surface area contributed by atoms with E-state index in [-0.39, 0.29) is 34.6 Å². The molecule has 3 fully saturated rings. The SMILES string of the molecule is COc1ccc(NC(=O)c2ccccc2NC(=O)[C@@H]2[C@H]3C[C@H]4[C@H](OC(=O)[C@H]42)[C@H]3Br)c(OC)c1. The van der Waals surface area contributed by atoms with Crippen LogP contribution >= 0.6 is 15.9 Å². The van der Waals surface area contributed by atoms with Gasteiger partial charge in [0, 0.05) is 12.0 Å². The Morgan fingerprint density at radius 2 is 1.82 bits per heavy atom. The molecule has 1 aliphatic heterocycles. The van der Waals surface area contributed by atoms with Crippen molar-refractivity contribution in [2.45, 2.75) is 17.4 Å². The number of rotatable bonds is 6. The van der Waals surface area contributed by atoms with Gasteiger partial charge in [-0.2, -0.15) is 0 Å². The normalized spacial score (nSPS) is 28.9. The molecule has 6 atom stereocenters. The monoisotopic (exact) mass is 514 g/mol. The summed E-state index contributed by atoms with van der Waals surface area (Å²) in [6.07, 6.45) is 0.642. The third kappa shape index (κ3) is 3.55. The van der Waals surface area contributed by atoms with E-state index in [2.05, 4.69) is 26.6 Å². The molecule has 8 nitrogen and oxygen atoms in total. The molecule has 2 aliphatic carbocycles. The van der Waals surface area contributed by atoms with Gasteiger partial charge in [0.25, 0.3) is 5.91 Å². The number of ether oxygens (including phenoxy) is 3. The standard InChI is InChI=1S/C24H23BrN2O6/c1-31-11-7-8-16(17(9-11)32-2)27-22(28)12-5-3-4-6-15(12)26-23(29)18-13-10-14-19(18)24(30)33-21(14)20(13)25/h3-9,13-14,18-21H,10H2,1-2H3,(H,26,29)(H,27,28)/t13-,14-,18-,19-,20+,21+/m1/s1. The Hall–Kier alpha value is -3.07. The van der Waals surface area contributed by atoms with Crippen molar-refractivity contribution in [1.82, 2.24) is 0 Å². The number of methoxy groups -OCH3 is 2. The van der Waals surface area contributed by atoms with E-state index in [1.165, 1.54) is 7.11 Å². The number of hydrogen-bond donors (Lipinski definition) is 2. The predicted octanol–water partition coefficient (Wildman–Crippen LogP) is 3.47. The first kappa shape index (κ1) is 21.8. The highest BCUT2D eigenvalue weighted by molar-refractivity contribution is 9.09. The van der Waals surface area contributed by atoms with E-state index in [0.29, 0.717) is 28.4 Å². The summed E-state index contributed by atoms with van der Waals surface area (Å²) in [4.78, 5) is 38.7. The number of amides is 2. The molecule has 0 spiro atoms. The van der Waals surface area contributed by atoms with Crippen LogP contribution in [-0.4, -0.2) is 42.9 Å². The number of carbonyl (C=O) groups excluding carboxylic acids is 3. The van der Waals surface area contributed by atoms with Gasteiger partial charge in [-0.15, -0.1) is 0 Å². The van der Waals surface area contributed by atoms with Gasteiger partial charge in [-0.05, 0) is 36.6 Å². The van der Waals surface area contributed by atoms with Crippen molar-refractivity contribution in [3.63, 3.8) is 0 Å². The van der Waals surface area contributed by atoms with Gasteiger partial charge >= 0.3 is 5.97 Å². The van der Waals surface area contributed by atoms with Gasteiger partial charge in [0.15, 0.2) is 0 Å². The number of alkyl halides is 1. The zero-order valence-corrected chi connectivity index (χ0v) is 19.6. The fraction of sp³-hybridized carbons (Fsp3) is 0.375. The molecule has 2 bridgehead atoms. The van der Waals surface area contributed by atoms with E-state index in [1.807, 2.05) is 0 Å². The van der Waals surface area contributed by atoms with Crippen molar-refractivity contribution < 1.29 is 28.6 Å². The summed E-state index contributed by atoms with van der Waals surface area (Å²) < 4.78 is 16.0. The molecular weight excluding hydrogens is 492 g/mol. The Morgan fingerprint density at radius 3 is 2.58 bits per heavy atom. The third-order valence-corrected chi connectivity index (χ3v) is 8.11. The fourth-order valence-electron chi connectivity index (χ4n) is 5.43. The highest BCUT2D eigenvalue weighted by atomic mass is 79.9. The maximum absolute atomic E-state index is 13.3. The number of fused-ring (bicyclic) bond motifs is 1. The lowest BCUT2D eigenvalue weighted by molar-refractivity contribution is -0.145. The van der Waals surface area contributed by atoms with Gasteiger partial charge in [0.05, 0.1) is 47.8 Å². The minimum absolute atomic E-state index is 0.0259. The first-order chi connectivity index (χ1) is 15.9. The number of hydrogen-bond acceptors (Lipinski definition) is 6. The number of para-hydroxylation sites is 1. The molecule has 2 aromatic carbocycles. The van der Waals surface area contributed by atoms with Gasteiger partial charge in [0.1, 0.15) is 17.6 Å². The summed E-state index contributed by atoms with van der Waals surface area (Å²) in [5.74, 6) is -0.721. The van der Waals surface area contributed by atoms with Crippen molar-refractivity contribution in [1.29, 1.82) is 0 Å². The second-order valence-corrected chi connectivity index (χ2v) is 9.57. The van der Waals surface area contributed by atoms with Crippen LogP contribution in [-0.2, 0) is 14.3 Å². The van der Waals surface area contributed by atoms with Gasteiger partial charge in [0.2, 0.25) is 5.91 Å². The maximum Gasteiger partial charge on any atom is 0.310 e. The van der Waals surface area contributed by atoms with Crippen LogP contribution in [0.15, 0.2) is 42.5 Å². The second kappa shape index (κ2) is 8.37. The highest BCUT2D eigenvalue weighted by Crippen LogP contribution is 2.60. The average Bonchev–Trinajstić information content (AvgIpc) is 3.44. The molecule has 2 amide bonds. The molecule has 1 saturated heterocycles. The smallest absolute Gasteiger partial charge is 0.310 e. The molecule has 2 aromatic rings. The van der Waals surface area contributed by atoms with Gasteiger partial charge in [-0.1, -0.05) is 28.1 Å². The average molecular weight is 515 g/mol. The minimum Gasteiger partial charge on any atom is -0.497 e. The zero-order chi connectivity index (χ0) is 23.3. The van der Waals surface area contributed by atoms with Crippen LogP contribution in [0.1, 0.15) is 16.8 Å². The van der Waals surface area contributed by atoms with Crippen molar-refractivity contribution in [3.05, 3.63) is 48.0 Å². The Labute approximate surface area is 199 Å². The molecule has 1 heterocycles. The lowest BCUT2D eigenvalue weighted by Crippen LogP contribution is -2.40. The van der Waals surface area contributed by atoms with Crippen molar-refractivity contribution in [3.8, 4) is 11.5 Å². The molecule has 2 N–H and O–H groups in total. The summed E-state index contributed by atoms with van der Waals surface area (Å²) >= 11 is 3.63. The summed E-state index contributed by atoms with van der Waals surface area (Å²) in [6.45, 7) is 0. The topological polar surface area (TPSA) is 103 Å². The van der Waals surface area contributed by atoms with Crippen molar-refractivity contribution >= 4 is 45.1 Å². The highest BCUT2D eigenvalue weighted by Gasteiger charge is 2.67. The van der Waals surface area contributed by atoms with Gasteiger partial charge in [-0.3, -0.25) is 14.4 Å². The lowest BCUT2D eigenvalue weighted by Gasteiger charge is -2.27. The van der Waals surface area contributed by atoms with Crippen molar-refractivity contribution in [2.24, 2.45) is 23.7 Å². The van der Waals surface area contributed by atoms with Crippen LogP contribution in [0.5, 0.6) is 11.5 Å². The summed E-state index contributed by atoms with van der Waals surface area (Å²) in [6, 6.07) is 11.8. The molecule has 0 aromatic heterocycles. The quantitative estimate of drug-likeness (QED) is 0.451. The van der Waals surface area contributed by atoms with E-state index < -0.39 is 17.7 Å². The molecule has 5 rings (SSSR count). The van der Waals surface area contributed by atoms with Crippen LogP contribution in [0.4, 0.5) is 11.4 Å². The van der Waals surface area contributed by atoms with Crippen LogP contribution in [0.3, 0.4) is 0 Å². The summed E-state index contributed by atoms with van der Waals surface area (Å²) in [7, 11) is 3.05. The van der Waals surface area contributed by atoms with E-state index in [0.717, 1.165) is 6.42 Å². The molecule has 33 heavy (non-hydrogen) atoms. The fourth-order valence-corrected chi connectivity index (χ4v) is 6.47. The number of halogens is 1. The molecule has 0 unspecified atom stereocenters. The van der Waals surface area contributed by atoms with Gasteiger partial charge in [-0.25, -0.2) is 0 Å². The van der Waals surface area contributed by atoms with Crippen molar-refractivity contribution in [2.75, 3.05) is 24.9 Å². The van der Waals surface area contributed by atoms with Crippen LogP contribution < -0.4 is 20.1 Å². The van der Waals surface area contributed by atoms with E-state index in [1.54, 1.807) is 49.6 Å². The minimum atomic E-state index is -0.483. The lowest BCUT2D eigenvalue weighted by atomic mass is 9.79. The predicted molar refractivity (Wildman–Crippen MR) is 124 cm³/mol. The Bertz CT molecular complexity index is 1140. The molecule has 172 valence electrons.